The van der Waals surface area contributed by atoms with Gasteiger partial charge in [-0.3, -0.25) is 14.3 Å². The molecule has 2 amide bonds. The maximum absolute atomic E-state index is 13.6. The number of hydrogen-bond donors (Lipinski definition) is 2. The van der Waals surface area contributed by atoms with Crippen LogP contribution in [0.5, 0.6) is 0 Å². The highest BCUT2D eigenvalue weighted by Gasteiger charge is 2.18. The molecule has 6 nitrogen and oxygen atoms in total. The lowest BCUT2D eigenvalue weighted by atomic mass is 10.1. The maximum Gasteiger partial charge on any atom is 0.243 e. The number of nitrogens with one attached hydrogen (secondary N) is 2. The standard InChI is InChI=1S/C19H23F3N4O2/c1-10(2)9-26-12(4)13(11(3)25-26)7-16(27)23-8-17(28)24-15-6-5-14(20)18(21)19(15)22/h5-6,10H,7-9H2,1-4H3,(H,23,27)(H,24,28). The first-order chi connectivity index (χ1) is 13.1. The molecule has 152 valence electrons. The summed E-state index contributed by atoms with van der Waals surface area (Å²) in [6.07, 6.45) is 0.0442. The Labute approximate surface area is 161 Å². The van der Waals surface area contributed by atoms with Crippen LogP contribution in [-0.2, 0) is 22.6 Å². The van der Waals surface area contributed by atoms with Crippen LogP contribution in [-0.4, -0.2) is 28.1 Å². The van der Waals surface area contributed by atoms with E-state index in [2.05, 4.69) is 29.6 Å². The molecule has 2 N–H and O–H groups in total. The van der Waals surface area contributed by atoms with Crippen LogP contribution in [0.2, 0.25) is 0 Å². The van der Waals surface area contributed by atoms with E-state index in [9.17, 15) is 22.8 Å². The molecule has 0 radical (unpaired) electrons. The topological polar surface area (TPSA) is 76.0 Å². The zero-order valence-electron chi connectivity index (χ0n) is 16.2. The molecule has 0 fully saturated rings. The van der Waals surface area contributed by atoms with E-state index in [1.54, 1.807) is 0 Å². The summed E-state index contributed by atoms with van der Waals surface area (Å²) in [6, 6.07) is 1.61. The van der Waals surface area contributed by atoms with Gasteiger partial charge in [-0.05, 0) is 31.9 Å². The minimum absolute atomic E-state index is 0.0442. The van der Waals surface area contributed by atoms with Crippen molar-refractivity contribution in [3.05, 3.63) is 46.5 Å². The van der Waals surface area contributed by atoms with E-state index in [0.29, 0.717) is 12.0 Å². The van der Waals surface area contributed by atoms with E-state index in [1.807, 2.05) is 18.5 Å². The predicted octanol–water partition coefficient (Wildman–Crippen LogP) is 2.87. The highest BCUT2D eigenvalue weighted by molar-refractivity contribution is 5.94. The lowest BCUT2D eigenvalue weighted by Gasteiger charge is -2.09. The van der Waals surface area contributed by atoms with Crippen LogP contribution in [0.3, 0.4) is 0 Å². The molecule has 0 atom stereocenters. The molecule has 1 aromatic carbocycles. The Kier molecular flexibility index (Phi) is 6.82. The fourth-order valence-electron chi connectivity index (χ4n) is 2.73. The third-order valence-corrected chi connectivity index (χ3v) is 4.16. The second-order valence-corrected chi connectivity index (χ2v) is 6.95. The van der Waals surface area contributed by atoms with Gasteiger partial charge in [-0.25, -0.2) is 13.2 Å². The van der Waals surface area contributed by atoms with Crippen molar-refractivity contribution in [1.82, 2.24) is 15.1 Å². The molecule has 1 heterocycles. The van der Waals surface area contributed by atoms with Crippen molar-refractivity contribution >= 4 is 17.5 Å². The number of hydrogen-bond acceptors (Lipinski definition) is 3. The van der Waals surface area contributed by atoms with Gasteiger partial charge in [0.05, 0.1) is 24.3 Å². The Morgan fingerprint density at radius 2 is 1.79 bits per heavy atom. The number of carbonyl (C=O) groups is 2. The van der Waals surface area contributed by atoms with Crippen LogP contribution in [0.1, 0.15) is 30.8 Å². The van der Waals surface area contributed by atoms with Crippen molar-refractivity contribution in [2.45, 2.75) is 40.7 Å². The van der Waals surface area contributed by atoms with Crippen LogP contribution in [0.25, 0.3) is 0 Å². The fraction of sp³-hybridized carbons (Fsp3) is 0.421. The lowest BCUT2D eigenvalue weighted by molar-refractivity contribution is -0.123. The van der Waals surface area contributed by atoms with E-state index in [4.69, 9.17) is 0 Å². The van der Waals surface area contributed by atoms with Gasteiger partial charge in [-0.15, -0.1) is 0 Å². The third-order valence-electron chi connectivity index (χ3n) is 4.16. The van der Waals surface area contributed by atoms with Gasteiger partial charge in [-0.1, -0.05) is 13.8 Å². The molecule has 1 aromatic heterocycles. The molecule has 0 aliphatic heterocycles. The zero-order chi connectivity index (χ0) is 21.0. The Hall–Kier alpha value is -2.84. The molecular weight excluding hydrogens is 373 g/mol. The second kappa shape index (κ2) is 8.90. The van der Waals surface area contributed by atoms with Gasteiger partial charge in [0.25, 0.3) is 0 Å². The second-order valence-electron chi connectivity index (χ2n) is 6.95. The van der Waals surface area contributed by atoms with Gasteiger partial charge in [0.1, 0.15) is 0 Å². The van der Waals surface area contributed by atoms with Gasteiger partial charge >= 0.3 is 0 Å². The van der Waals surface area contributed by atoms with Gasteiger partial charge < -0.3 is 10.6 Å². The Bertz CT molecular complexity index is 894. The first-order valence-electron chi connectivity index (χ1n) is 8.83. The summed E-state index contributed by atoms with van der Waals surface area (Å²) in [7, 11) is 0. The molecular formula is C19H23F3N4O2. The molecule has 2 aromatic rings. The van der Waals surface area contributed by atoms with Crippen molar-refractivity contribution in [3.63, 3.8) is 0 Å². The molecule has 0 aliphatic rings. The Morgan fingerprint density at radius 1 is 1.11 bits per heavy atom. The van der Waals surface area contributed by atoms with Gasteiger partial charge in [0, 0.05) is 17.8 Å². The number of nitrogens with zero attached hydrogens (tertiary/aromatic N) is 2. The van der Waals surface area contributed by atoms with Crippen molar-refractivity contribution in [3.8, 4) is 0 Å². The fourth-order valence-corrected chi connectivity index (χ4v) is 2.73. The van der Waals surface area contributed by atoms with Gasteiger partial charge in [0.15, 0.2) is 17.5 Å². The van der Waals surface area contributed by atoms with E-state index in [1.165, 1.54) is 0 Å². The number of aromatic nitrogens is 2. The summed E-state index contributed by atoms with van der Waals surface area (Å²) in [5.74, 6) is -5.29. The van der Waals surface area contributed by atoms with Crippen molar-refractivity contribution in [1.29, 1.82) is 0 Å². The molecule has 9 heteroatoms. The van der Waals surface area contributed by atoms with E-state index in [-0.39, 0.29) is 6.42 Å². The number of halogens is 3. The number of carbonyl (C=O) groups excluding carboxylic acids is 2. The van der Waals surface area contributed by atoms with Gasteiger partial charge in [0.2, 0.25) is 11.8 Å². The third kappa shape index (κ3) is 5.11. The number of aryl methyl sites for hydroxylation is 1. The minimum Gasteiger partial charge on any atom is -0.347 e. The normalized spacial score (nSPS) is 11.0. The molecule has 0 saturated heterocycles. The van der Waals surface area contributed by atoms with Crippen molar-refractivity contribution in [2.24, 2.45) is 5.92 Å². The molecule has 0 bridgehead atoms. The largest absolute Gasteiger partial charge is 0.347 e. The van der Waals surface area contributed by atoms with Gasteiger partial charge in [-0.2, -0.15) is 5.10 Å². The number of benzene rings is 1. The molecule has 2 rings (SSSR count). The quantitative estimate of drug-likeness (QED) is 0.707. The summed E-state index contributed by atoms with van der Waals surface area (Å²) in [4.78, 5) is 24.0. The molecule has 0 saturated carbocycles. The van der Waals surface area contributed by atoms with Crippen LogP contribution < -0.4 is 10.6 Å². The highest BCUT2D eigenvalue weighted by Crippen LogP contribution is 2.19. The van der Waals surface area contributed by atoms with E-state index >= 15 is 0 Å². The van der Waals surface area contributed by atoms with Crippen LogP contribution in [0.15, 0.2) is 12.1 Å². The minimum atomic E-state index is -1.67. The van der Waals surface area contributed by atoms with Crippen molar-refractivity contribution < 1.29 is 22.8 Å². The molecule has 28 heavy (non-hydrogen) atoms. The maximum atomic E-state index is 13.6. The Balaban J connectivity index is 1.93. The highest BCUT2D eigenvalue weighted by atomic mass is 19.2. The summed E-state index contributed by atoms with van der Waals surface area (Å²) in [5.41, 5.74) is 1.90. The predicted molar refractivity (Wildman–Crippen MR) is 98.2 cm³/mol. The monoisotopic (exact) mass is 396 g/mol. The molecule has 0 aliphatic carbocycles. The van der Waals surface area contributed by atoms with Crippen LogP contribution >= 0.6 is 0 Å². The molecule has 0 spiro atoms. The van der Waals surface area contributed by atoms with E-state index in [0.717, 1.165) is 29.6 Å². The van der Waals surface area contributed by atoms with Crippen LogP contribution in [0, 0.1) is 37.2 Å². The van der Waals surface area contributed by atoms with E-state index < -0.39 is 41.5 Å². The smallest absolute Gasteiger partial charge is 0.243 e. The first-order valence-corrected chi connectivity index (χ1v) is 8.83. The zero-order valence-corrected chi connectivity index (χ0v) is 16.2. The Morgan fingerprint density at radius 3 is 2.43 bits per heavy atom. The summed E-state index contributed by atoms with van der Waals surface area (Å²) >= 11 is 0. The number of anilines is 1. The first kappa shape index (κ1) is 21.5. The summed E-state index contributed by atoms with van der Waals surface area (Å²) in [5, 5.41) is 8.95. The molecule has 0 unspecified atom stereocenters. The van der Waals surface area contributed by atoms with Crippen molar-refractivity contribution in [2.75, 3.05) is 11.9 Å². The average molecular weight is 396 g/mol. The summed E-state index contributed by atoms with van der Waals surface area (Å²) < 4.78 is 41.5. The average Bonchev–Trinajstić information content (AvgIpc) is 2.87. The number of amides is 2. The summed E-state index contributed by atoms with van der Waals surface area (Å²) in [6.45, 7) is 8.12. The SMILES string of the molecule is Cc1nn(CC(C)C)c(C)c1CC(=O)NCC(=O)Nc1ccc(F)c(F)c1F. The number of rotatable bonds is 7. The lowest BCUT2D eigenvalue weighted by Crippen LogP contribution is -2.34. The van der Waals surface area contributed by atoms with Crippen LogP contribution in [0.4, 0.5) is 18.9 Å².